The third-order valence-corrected chi connectivity index (χ3v) is 3.73. The van der Waals surface area contributed by atoms with Crippen LogP contribution in [0.2, 0.25) is 0 Å². The second kappa shape index (κ2) is 5.60. The molecule has 4 nitrogen and oxygen atoms in total. The molecule has 0 fully saturated rings. The quantitative estimate of drug-likeness (QED) is 0.571. The molecule has 1 aromatic heterocycles. The van der Waals surface area contributed by atoms with Crippen molar-refractivity contribution in [3.8, 4) is 0 Å². The van der Waals surface area contributed by atoms with Gasteiger partial charge in [-0.1, -0.05) is 29.8 Å². The van der Waals surface area contributed by atoms with E-state index in [-0.39, 0.29) is 6.04 Å². The fourth-order valence-electron chi connectivity index (χ4n) is 2.67. The van der Waals surface area contributed by atoms with Crippen molar-refractivity contribution in [2.45, 2.75) is 19.9 Å². The van der Waals surface area contributed by atoms with Gasteiger partial charge in [-0.05, 0) is 42.7 Å². The summed E-state index contributed by atoms with van der Waals surface area (Å²) >= 11 is 0. The van der Waals surface area contributed by atoms with Crippen LogP contribution in [0.5, 0.6) is 0 Å². The van der Waals surface area contributed by atoms with E-state index in [1.165, 1.54) is 16.7 Å². The maximum Gasteiger partial charge on any atom is 0.0890 e. The molecule has 4 heteroatoms. The zero-order chi connectivity index (χ0) is 14.8. The molecule has 0 saturated heterocycles. The van der Waals surface area contributed by atoms with Crippen LogP contribution >= 0.6 is 0 Å². The van der Waals surface area contributed by atoms with Crippen LogP contribution in [0.15, 0.2) is 48.8 Å². The predicted molar refractivity (Wildman–Crippen MR) is 84.6 cm³/mol. The fourth-order valence-corrected chi connectivity index (χ4v) is 2.67. The van der Waals surface area contributed by atoms with Crippen LogP contribution < -0.4 is 11.3 Å². The van der Waals surface area contributed by atoms with Crippen molar-refractivity contribution in [3.63, 3.8) is 0 Å². The molecule has 3 rings (SSSR count). The Bertz CT molecular complexity index is 783. The van der Waals surface area contributed by atoms with E-state index in [1.807, 2.05) is 18.2 Å². The summed E-state index contributed by atoms with van der Waals surface area (Å²) in [5.74, 6) is 5.80. The van der Waals surface area contributed by atoms with Crippen LogP contribution in [0.4, 0.5) is 0 Å². The Balaban J connectivity index is 2.09. The summed E-state index contributed by atoms with van der Waals surface area (Å²) in [6, 6.07) is 12.4. The molecule has 3 aromatic rings. The third-order valence-electron chi connectivity index (χ3n) is 3.73. The highest BCUT2D eigenvalue weighted by Gasteiger charge is 2.15. The van der Waals surface area contributed by atoms with Gasteiger partial charge in [-0.2, -0.15) is 0 Å². The first-order chi connectivity index (χ1) is 10.2. The zero-order valence-electron chi connectivity index (χ0n) is 12.2. The summed E-state index contributed by atoms with van der Waals surface area (Å²) in [5, 5.41) is 0. The maximum atomic E-state index is 5.80. The topological polar surface area (TPSA) is 63.8 Å². The van der Waals surface area contributed by atoms with Crippen LogP contribution in [0, 0.1) is 13.8 Å². The molecular formula is C17H18N4. The second-order valence-corrected chi connectivity index (χ2v) is 5.26. The molecule has 2 aromatic carbocycles. The number of rotatable bonds is 3. The van der Waals surface area contributed by atoms with Gasteiger partial charge < -0.3 is 0 Å². The molecule has 106 valence electrons. The van der Waals surface area contributed by atoms with Gasteiger partial charge in [0.2, 0.25) is 0 Å². The number of benzene rings is 2. The molecule has 0 bridgehead atoms. The van der Waals surface area contributed by atoms with E-state index in [4.69, 9.17) is 5.84 Å². The summed E-state index contributed by atoms with van der Waals surface area (Å²) in [7, 11) is 0. The molecule has 1 heterocycles. The predicted octanol–water partition coefficient (Wildman–Crippen LogP) is 2.80. The number of hydrogen-bond donors (Lipinski definition) is 2. The van der Waals surface area contributed by atoms with Gasteiger partial charge in [-0.25, -0.2) is 5.43 Å². The summed E-state index contributed by atoms with van der Waals surface area (Å²) in [4.78, 5) is 8.65. The molecular weight excluding hydrogens is 260 g/mol. The van der Waals surface area contributed by atoms with Crippen LogP contribution in [0.25, 0.3) is 11.0 Å². The average Bonchev–Trinajstić information content (AvgIpc) is 2.50. The third kappa shape index (κ3) is 2.63. The van der Waals surface area contributed by atoms with Crippen LogP contribution in [-0.4, -0.2) is 9.97 Å². The first-order valence-corrected chi connectivity index (χ1v) is 6.93. The lowest BCUT2D eigenvalue weighted by molar-refractivity contribution is 0.634. The normalized spacial score (nSPS) is 12.5. The van der Waals surface area contributed by atoms with E-state index in [2.05, 4.69) is 47.4 Å². The number of nitrogens with one attached hydrogen (secondary N) is 1. The van der Waals surface area contributed by atoms with Gasteiger partial charge in [0.05, 0.1) is 17.1 Å². The van der Waals surface area contributed by atoms with Crippen molar-refractivity contribution in [3.05, 3.63) is 71.0 Å². The molecule has 1 atom stereocenters. The van der Waals surface area contributed by atoms with Gasteiger partial charge >= 0.3 is 0 Å². The molecule has 1 unspecified atom stereocenters. The number of aryl methyl sites for hydroxylation is 2. The zero-order valence-corrected chi connectivity index (χ0v) is 12.2. The van der Waals surface area contributed by atoms with E-state index in [9.17, 15) is 0 Å². The number of fused-ring (bicyclic) bond motifs is 1. The molecule has 0 radical (unpaired) electrons. The Morgan fingerprint density at radius 2 is 1.71 bits per heavy atom. The number of hydrazine groups is 1. The standard InChI is InChI=1S/C17H18N4/c1-11-3-5-14(12(2)9-11)17(21-18)13-4-6-15-16(10-13)20-8-7-19-15/h3-10,17,21H,18H2,1-2H3. The Labute approximate surface area is 124 Å². The highest BCUT2D eigenvalue weighted by Crippen LogP contribution is 2.26. The minimum Gasteiger partial charge on any atom is -0.271 e. The van der Waals surface area contributed by atoms with Crippen molar-refractivity contribution < 1.29 is 0 Å². The lowest BCUT2D eigenvalue weighted by Crippen LogP contribution is -2.29. The summed E-state index contributed by atoms with van der Waals surface area (Å²) in [5.41, 5.74) is 9.39. The molecule has 0 saturated carbocycles. The first-order valence-electron chi connectivity index (χ1n) is 6.93. The summed E-state index contributed by atoms with van der Waals surface area (Å²) in [6.07, 6.45) is 3.40. The number of nitrogens with zero attached hydrogens (tertiary/aromatic N) is 2. The molecule has 3 N–H and O–H groups in total. The number of nitrogens with two attached hydrogens (primary N) is 1. The highest BCUT2D eigenvalue weighted by molar-refractivity contribution is 5.74. The minimum atomic E-state index is -0.0583. The van der Waals surface area contributed by atoms with Crippen LogP contribution in [0.1, 0.15) is 28.3 Å². The molecule has 21 heavy (non-hydrogen) atoms. The molecule has 0 amide bonds. The van der Waals surface area contributed by atoms with Crippen molar-refractivity contribution in [1.82, 2.24) is 15.4 Å². The monoisotopic (exact) mass is 278 g/mol. The van der Waals surface area contributed by atoms with E-state index in [1.54, 1.807) is 12.4 Å². The van der Waals surface area contributed by atoms with E-state index in [0.717, 1.165) is 16.6 Å². The van der Waals surface area contributed by atoms with E-state index >= 15 is 0 Å². The lowest BCUT2D eigenvalue weighted by atomic mass is 9.94. The van der Waals surface area contributed by atoms with E-state index in [0.29, 0.717) is 0 Å². The van der Waals surface area contributed by atoms with Crippen LogP contribution in [-0.2, 0) is 0 Å². The smallest absolute Gasteiger partial charge is 0.0890 e. The fraction of sp³-hybridized carbons (Fsp3) is 0.176. The van der Waals surface area contributed by atoms with Crippen molar-refractivity contribution in [2.24, 2.45) is 5.84 Å². The van der Waals surface area contributed by atoms with E-state index < -0.39 is 0 Å². The lowest BCUT2D eigenvalue weighted by Gasteiger charge is -2.19. The molecule has 0 aliphatic rings. The number of aromatic nitrogens is 2. The SMILES string of the molecule is Cc1ccc(C(NN)c2ccc3nccnc3c2)c(C)c1. The second-order valence-electron chi connectivity index (χ2n) is 5.26. The Hall–Kier alpha value is -2.30. The molecule has 0 aliphatic carbocycles. The molecule has 0 aliphatic heterocycles. The minimum absolute atomic E-state index is 0.0583. The van der Waals surface area contributed by atoms with Gasteiger partial charge in [-0.15, -0.1) is 0 Å². The van der Waals surface area contributed by atoms with Gasteiger partial charge in [0.15, 0.2) is 0 Å². The maximum absolute atomic E-state index is 5.80. The Kier molecular flexibility index (Phi) is 3.64. The Morgan fingerprint density at radius 3 is 2.43 bits per heavy atom. The first kappa shape index (κ1) is 13.7. The molecule has 0 spiro atoms. The van der Waals surface area contributed by atoms with Gasteiger partial charge in [0.25, 0.3) is 0 Å². The Morgan fingerprint density at radius 1 is 0.952 bits per heavy atom. The van der Waals surface area contributed by atoms with Crippen molar-refractivity contribution in [2.75, 3.05) is 0 Å². The highest BCUT2D eigenvalue weighted by atomic mass is 15.2. The van der Waals surface area contributed by atoms with Crippen molar-refractivity contribution in [1.29, 1.82) is 0 Å². The largest absolute Gasteiger partial charge is 0.271 e. The summed E-state index contributed by atoms with van der Waals surface area (Å²) < 4.78 is 0. The van der Waals surface area contributed by atoms with Gasteiger partial charge in [0, 0.05) is 12.4 Å². The number of hydrogen-bond acceptors (Lipinski definition) is 4. The summed E-state index contributed by atoms with van der Waals surface area (Å²) in [6.45, 7) is 4.20. The van der Waals surface area contributed by atoms with Gasteiger partial charge in [-0.3, -0.25) is 15.8 Å². The van der Waals surface area contributed by atoms with Crippen LogP contribution in [0.3, 0.4) is 0 Å². The average molecular weight is 278 g/mol. The van der Waals surface area contributed by atoms with Gasteiger partial charge in [0.1, 0.15) is 0 Å². The van der Waals surface area contributed by atoms with Crippen molar-refractivity contribution >= 4 is 11.0 Å².